The van der Waals surface area contributed by atoms with Crippen LogP contribution in [0.15, 0.2) is 33.5 Å². The number of nitriles is 1. The Kier molecular flexibility index (Phi) is 2.48. The lowest BCUT2D eigenvalue weighted by Crippen LogP contribution is -1.77. The Morgan fingerprint density at radius 1 is 1.24 bits per heavy atom. The van der Waals surface area contributed by atoms with Crippen molar-refractivity contribution in [3.8, 4) is 27.5 Å². The molecule has 0 atom stereocenters. The maximum atomic E-state index is 8.93. The molecule has 3 rings (SSSR count). The molecule has 0 saturated heterocycles. The lowest BCUT2D eigenvalue weighted by atomic mass is 10.3. The van der Waals surface area contributed by atoms with E-state index in [9.17, 15) is 0 Å². The zero-order valence-corrected chi connectivity index (χ0v) is 10.1. The van der Waals surface area contributed by atoms with Crippen molar-refractivity contribution in [2.24, 2.45) is 0 Å². The molecule has 0 aliphatic heterocycles. The van der Waals surface area contributed by atoms with Crippen LogP contribution in [-0.2, 0) is 0 Å². The van der Waals surface area contributed by atoms with E-state index in [4.69, 9.17) is 9.78 Å². The predicted octanol–water partition coefficient (Wildman–Crippen LogP) is 3.40. The van der Waals surface area contributed by atoms with Gasteiger partial charge in [0.05, 0.1) is 10.4 Å². The largest absolute Gasteiger partial charge is 0.333 e. The minimum Gasteiger partial charge on any atom is -0.333 e. The number of nitrogens with zero attached hydrogens (tertiary/aromatic N) is 3. The van der Waals surface area contributed by atoms with Gasteiger partial charge in [-0.1, -0.05) is 11.2 Å². The van der Waals surface area contributed by atoms with E-state index in [1.807, 2.05) is 22.9 Å². The van der Waals surface area contributed by atoms with Crippen molar-refractivity contribution in [2.45, 2.75) is 0 Å². The van der Waals surface area contributed by atoms with Crippen LogP contribution in [0.3, 0.4) is 0 Å². The van der Waals surface area contributed by atoms with Crippen molar-refractivity contribution in [1.29, 1.82) is 5.26 Å². The molecular weight excluding hydrogens is 254 g/mol. The number of rotatable bonds is 2. The average Bonchev–Trinajstić information content (AvgIpc) is 3.09. The van der Waals surface area contributed by atoms with E-state index in [2.05, 4.69) is 16.2 Å². The zero-order chi connectivity index (χ0) is 11.7. The molecule has 0 saturated carbocycles. The van der Waals surface area contributed by atoms with Gasteiger partial charge in [0.15, 0.2) is 0 Å². The molecule has 17 heavy (non-hydrogen) atoms. The lowest BCUT2D eigenvalue weighted by Gasteiger charge is -1.86. The highest BCUT2D eigenvalue weighted by atomic mass is 32.1. The van der Waals surface area contributed by atoms with Crippen LogP contribution in [0.25, 0.3) is 21.5 Å². The van der Waals surface area contributed by atoms with E-state index in [-0.39, 0.29) is 0 Å². The van der Waals surface area contributed by atoms with Gasteiger partial charge in [0.25, 0.3) is 5.89 Å². The fourth-order valence-electron chi connectivity index (χ4n) is 1.38. The molecule has 3 heterocycles. The minimum absolute atomic E-state index is 0.403. The van der Waals surface area contributed by atoms with Crippen molar-refractivity contribution in [2.75, 3.05) is 0 Å². The normalized spacial score (nSPS) is 10.3. The van der Waals surface area contributed by atoms with E-state index >= 15 is 0 Å². The van der Waals surface area contributed by atoms with Crippen LogP contribution in [0.2, 0.25) is 0 Å². The Morgan fingerprint density at radius 2 is 2.18 bits per heavy atom. The summed E-state index contributed by atoms with van der Waals surface area (Å²) in [4.78, 5) is 5.97. The third-order valence-electron chi connectivity index (χ3n) is 2.15. The van der Waals surface area contributed by atoms with Gasteiger partial charge in [-0.3, -0.25) is 0 Å². The summed E-state index contributed by atoms with van der Waals surface area (Å²) in [6.45, 7) is 0. The molecule has 4 nitrogen and oxygen atoms in total. The van der Waals surface area contributed by atoms with Gasteiger partial charge in [0.1, 0.15) is 10.9 Å². The van der Waals surface area contributed by atoms with Gasteiger partial charge in [-0.2, -0.15) is 10.2 Å². The van der Waals surface area contributed by atoms with Crippen LogP contribution < -0.4 is 0 Å². The molecule has 82 valence electrons. The fraction of sp³-hybridized carbons (Fsp3) is 0. The van der Waals surface area contributed by atoms with Gasteiger partial charge in [-0.15, -0.1) is 22.7 Å². The third-order valence-corrected chi connectivity index (χ3v) is 3.92. The highest BCUT2D eigenvalue weighted by molar-refractivity contribution is 7.14. The van der Waals surface area contributed by atoms with E-state index < -0.39 is 0 Å². The Hall–Kier alpha value is -1.97. The summed E-state index contributed by atoms with van der Waals surface area (Å²) in [6, 6.07) is 7.71. The molecule has 3 aromatic rings. The van der Waals surface area contributed by atoms with Gasteiger partial charge in [0.2, 0.25) is 5.82 Å². The summed E-state index contributed by atoms with van der Waals surface area (Å²) < 4.78 is 5.18. The highest BCUT2D eigenvalue weighted by Gasteiger charge is 2.15. The number of thiophene rings is 2. The highest BCUT2D eigenvalue weighted by Crippen LogP contribution is 2.30. The molecular formula is C11H5N3OS2. The van der Waals surface area contributed by atoms with Crippen LogP contribution in [-0.4, -0.2) is 10.1 Å². The molecule has 0 amide bonds. The van der Waals surface area contributed by atoms with Gasteiger partial charge >= 0.3 is 0 Å². The quantitative estimate of drug-likeness (QED) is 0.707. The molecule has 0 spiro atoms. The van der Waals surface area contributed by atoms with Crippen LogP contribution in [0.1, 0.15) is 5.56 Å². The second-order valence-corrected chi connectivity index (χ2v) is 5.04. The van der Waals surface area contributed by atoms with E-state index in [0.29, 0.717) is 17.3 Å². The first-order chi connectivity index (χ1) is 8.38. The number of aromatic nitrogens is 2. The van der Waals surface area contributed by atoms with Gasteiger partial charge < -0.3 is 4.52 Å². The maximum absolute atomic E-state index is 8.93. The topological polar surface area (TPSA) is 62.7 Å². The van der Waals surface area contributed by atoms with Crippen molar-refractivity contribution < 1.29 is 4.52 Å². The SMILES string of the molecule is N#Cc1ccsc1-c1nc(-c2cccs2)no1. The van der Waals surface area contributed by atoms with Crippen LogP contribution >= 0.6 is 22.7 Å². The second-order valence-electron chi connectivity index (χ2n) is 3.18. The minimum atomic E-state index is 0.403. The van der Waals surface area contributed by atoms with Crippen molar-refractivity contribution in [3.63, 3.8) is 0 Å². The first-order valence-corrected chi connectivity index (χ1v) is 6.50. The molecule has 0 fully saturated rings. The van der Waals surface area contributed by atoms with E-state index in [1.165, 1.54) is 11.3 Å². The van der Waals surface area contributed by atoms with Crippen LogP contribution in [0, 0.1) is 11.3 Å². The summed E-state index contributed by atoms with van der Waals surface area (Å²) in [6.07, 6.45) is 0. The van der Waals surface area contributed by atoms with Crippen LogP contribution in [0.4, 0.5) is 0 Å². The summed E-state index contributed by atoms with van der Waals surface area (Å²) in [5.41, 5.74) is 0.566. The summed E-state index contributed by atoms with van der Waals surface area (Å²) in [5, 5.41) is 16.6. The van der Waals surface area contributed by atoms with Gasteiger partial charge in [-0.25, -0.2) is 0 Å². The summed E-state index contributed by atoms with van der Waals surface area (Å²) in [5.74, 6) is 0.965. The zero-order valence-electron chi connectivity index (χ0n) is 8.45. The average molecular weight is 259 g/mol. The first kappa shape index (κ1) is 10.2. The summed E-state index contributed by atoms with van der Waals surface area (Å²) >= 11 is 2.97. The molecule has 0 aromatic carbocycles. The van der Waals surface area contributed by atoms with E-state index in [0.717, 1.165) is 9.75 Å². The first-order valence-electron chi connectivity index (χ1n) is 4.74. The Labute approximate surface area is 105 Å². The Balaban J connectivity index is 2.04. The lowest BCUT2D eigenvalue weighted by molar-refractivity contribution is 0.433. The Bertz CT molecular complexity index is 676. The number of hydrogen-bond acceptors (Lipinski definition) is 6. The van der Waals surface area contributed by atoms with Gasteiger partial charge in [-0.05, 0) is 22.9 Å². The molecule has 3 aromatic heterocycles. The van der Waals surface area contributed by atoms with Crippen molar-refractivity contribution >= 4 is 22.7 Å². The molecule has 0 unspecified atom stereocenters. The molecule has 0 aliphatic carbocycles. The third kappa shape index (κ3) is 1.75. The van der Waals surface area contributed by atoms with Crippen molar-refractivity contribution in [1.82, 2.24) is 10.1 Å². The maximum Gasteiger partial charge on any atom is 0.269 e. The molecule has 0 radical (unpaired) electrons. The standard InChI is InChI=1S/C11H5N3OS2/c12-6-7-3-5-17-9(7)11-13-10(14-15-11)8-2-1-4-16-8/h1-5H. The second kappa shape index (κ2) is 4.13. The monoisotopic (exact) mass is 259 g/mol. The Morgan fingerprint density at radius 3 is 2.94 bits per heavy atom. The van der Waals surface area contributed by atoms with Crippen LogP contribution in [0.5, 0.6) is 0 Å². The van der Waals surface area contributed by atoms with Crippen molar-refractivity contribution in [3.05, 3.63) is 34.5 Å². The fourth-order valence-corrected chi connectivity index (χ4v) is 2.80. The molecule has 0 aliphatic rings. The number of hydrogen-bond donors (Lipinski definition) is 0. The predicted molar refractivity (Wildman–Crippen MR) is 65.6 cm³/mol. The molecule has 0 N–H and O–H groups in total. The summed E-state index contributed by atoms with van der Waals surface area (Å²) in [7, 11) is 0. The molecule has 6 heteroatoms. The van der Waals surface area contributed by atoms with E-state index in [1.54, 1.807) is 17.4 Å². The smallest absolute Gasteiger partial charge is 0.269 e. The van der Waals surface area contributed by atoms with Gasteiger partial charge in [0, 0.05) is 0 Å². The molecule has 0 bridgehead atoms.